The summed E-state index contributed by atoms with van der Waals surface area (Å²) in [5.41, 5.74) is 1.81. The predicted molar refractivity (Wildman–Crippen MR) is 60.8 cm³/mol. The molecule has 0 fully saturated rings. The second-order valence-electron chi connectivity index (χ2n) is 2.99. The average Bonchev–Trinajstić information content (AvgIpc) is 2.64. The van der Waals surface area contributed by atoms with Gasteiger partial charge < -0.3 is 10.3 Å². The Kier molecular flexibility index (Phi) is 2.45. The third-order valence-electron chi connectivity index (χ3n) is 1.98. The molecule has 0 atom stereocenters. The van der Waals surface area contributed by atoms with Crippen LogP contribution in [0.2, 0.25) is 0 Å². The van der Waals surface area contributed by atoms with Crippen molar-refractivity contribution < 1.29 is 4.79 Å². The van der Waals surface area contributed by atoms with Gasteiger partial charge >= 0.3 is 0 Å². The van der Waals surface area contributed by atoms with Crippen LogP contribution in [0.15, 0.2) is 30.5 Å². The van der Waals surface area contributed by atoms with E-state index < -0.39 is 0 Å². The van der Waals surface area contributed by atoms with E-state index in [1.54, 1.807) is 0 Å². The van der Waals surface area contributed by atoms with Crippen LogP contribution in [-0.4, -0.2) is 16.6 Å². The van der Waals surface area contributed by atoms with Crippen molar-refractivity contribution in [2.75, 3.05) is 11.1 Å². The fourth-order valence-corrected chi connectivity index (χ4v) is 1.41. The number of H-pyrrole nitrogens is 1. The maximum atomic E-state index is 11.1. The van der Waals surface area contributed by atoms with Crippen molar-refractivity contribution in [3.8, 4) is 0 Å². The van der Waals surface area contributed by atoms with Crippen molar-refractivity contribution in [3.63, 3.8) is 0 Å². The first-order valence-corrected chi connectivity index (χ1v) is 4.91. The Labute approximate surface area is 86.9 Å². The Morgan fingerprint density at radius 3 is 3.07 bits per heavy atom. The summed E-state index contributed by atoms with van der Waals surface area (Å²) < 4.78 is 0. The summed E-state index contributed by atoms with van der Waals surface area (Å²) in [4.78, 5) is 14.1. The Balaban J connectivity index is 2.30. The second kappa shape index (κ2) is 3.75. The molecule has 0 unspecified atom stereocenters. The van der Waals surface area contributed by atoms with Crippen LogP contribution < -0.4 is 5.32 Å². The number of aromatic amines is 1. The highest BCUT2D eigenvalue weighted by Crippen LogP contribution is 2.17. The van der Waals surface area contributed by atoms with Gasteiger partial charge in [0.15, 0.2) is 0 Å². The van der Waals surface area contributed by atoms with Gasteiger partial charge in [0.05, 0.1) is 5.75 Å². The average molecular weight is 206 g/mol. The van der Waals surface area contributed by atoms with Crippen LogP contribution in [0.5, 0.6) is 0 Å². The van der Waals surface area contributed by atoms with Crippen molar-refractivity contribution in [3.05, 3.63) is 30.5 Å². The number of hydrogen-bond acceptors (Lipinski definition) is 2. The van der Waals surface area contributed by atoms with Crippen LogP contribution in [0.25, 0.3) is 10.9 Å². The number of benzene rings is 1. The number of anilines is 1. The van der Waals surface area contributed by atoms with Gasteiger partial charge in [-0.05, 0) is 23.6 Å². The van der Waals surface area contributed by atoms with E-state index >= 15 is 0 Å². The number of nitrogens with one attached hydrogen (secondary N) is 2. The second-order valence-corrected chi connectivity index (χ2v) is 3.30. The molecule has 72 valence electrons. The molecule has 0 bridgehead atoms. The molecular weight excluding hydrogens is 196 g/mol. The lowest BCUT2D eigenvalue weighted by molar-refractivity contribution is -0.113. The molecule has 4 heteroatoms. The molecule has 2 N–H and O–H groups in total. The van der Waals surface area contributed by atoms with E-state index in [0.717, 1.165) is 16.6 Å². The zero-order valence-corrected chi connectivity index (χ0v) is 8.34. The molecule has 0 spiro atoms. The highest BCUT2D eigenvalue weighted by molar-refractivity contribution is 7.81. The fourth-order valence-electron chi connectivity index (χ4n) is 1.33. The third kappa shape index (κ3) is 1.75. The molecule has 0 radical (unpaired) electrons. The van der Waals surface area contributed by atoms with E-state index in [2.05, 4.69) is 22.9 Å². The molecule has 0 aliphatic heterocycles. The molecule has 0 aliphatic carbocycles. The summed E-state index contributed by atoms with van der Waals surface area (Å²) in [7, 11) is 0. The van der Waals surface area contributed by atoms with E-state index in [4.69, 9.17) is 0 Å². The van der Waals surface area contributed by atoms with Crippen LogP contribution in [0, 0.1) is 0 Å². The van der Waals surface area contributed by atoms with E-state index in [0.29, 0.717) is 0 Å². The number of amides is 1. The number of rotatable bonds is 2. The lowest BCUT2D eigenvalue weighted by Gasteiger charge is -2.02. The first kappa shape index (κ1) is 9.15. The van der Waals surface area contributed by atoms with Gasteiger partial charge in [-0.25, -0.2) is 0 Å². The monoisotopic (exact) mass is 206 g/mol. The SMILES string of the molecule is O=C(CS)Nc1ccc2cc[nH]c2c1. The molecule has 0 saturated heterocycles. The van der Waals surface area contributed by atoms with Gasteiger partial charge in [-0.1, -0.05) is 6.07 Å². The lowest BCUT2D eigenvalue weighted by Crippen LogP contribution is -2.12. The van der Waals surface area contributed by atoms with Gasteiger partial charge in [0.2, 0.25) is 5.91 Å². The van der Waals surface area contributed by atoms with Crippen molar-refractivity contribution in [2.45, 2.75) is 0 Å². The zero-order chi connectivity index (χ0) is 9.97. The van der Waals surface area contributed by atoms with Gasteiger partial charge in [-0.15, -0.1) is 0 Å². The predicted octanol–water partition coefficient (Wildman–Crippen LogP) is 2.04. The Morgan fingerprint density at radius 1 is 1.43 bits per heavy atom. The smallest absolute Gasteiger partial charge is 0.234 e. The maximum absolute atomic E-state index is 11.1. The molecule has 1 heterocycles. The van der Waals surface area contributed by atoms with Crippen LogP contribution >= 0.6 is 12.6 Å². The minimum Gasteiger partial charge on any atom is -0.361 e. The number of carbonyl (C=O) groups is 1. The van der Waals surface area contributed by atoms with Gasteiger partial charge in [-0.2, -0.15) is 12.6 Å². The fraction of sp³-hybridized carbons (Fsp3) is 0.100. The summed E-state index contributed by atoms with van der Waals surface area (Å²) in [5, 5.41) is 3.87. The Morgan fingerprint density at radius 2 is 2.29 bits per heavy atom. The van der Waals surface area contributed by atoms with Crippen LogP contribution in [0.1, 0.15) is 0 Å². The van der Waals surface area contributed by atoms with E-state index in [1.807, 2.05) is 30.5 Å². The molecule has 3 nitrogen and oxygen atoms in total. The van der Waals surface area contributed by atoms with Gasteiger partial charge in [0.25, 0.3) is 0 Å². The van der Waals surface area contributed by atoms with Gasteiger partial charge in [0, 0.05) is 17.4 Å². The van der Waals surface area contributed by atoms with Crippen LogP contribution in [0.4, 0.5) is 5.69 Å². The van der Waals surface area contributed by atoms with Gasteiger partial charge in [0.1, 0.15) is 0 Å². The lowest BCUT2D eigenvalue weighted by atomic mass is 10.2. The molecule has 1 amide bonds. The summed E-state index contributed by atoms with van der Waals surface area (Å²) in [6, 6.07) is 7.72. The highest BCUT2D eigenvalue weighted by atomic mass is 32.1. The highest BCUT2D eigenvalue weighted by Gasteiger charge is 2.00. The largest absolute Gasteiger partial charge is 0.361 e. The van der Waals surface area contributed by atoms with E-state index in [9.17, 15) is 4.79 Å². The van der Waals surface area contributed by atoms with Crippen LogP contribution in [-0.2, 0) is 4.79 Å². The standard InChI is InChI=1S/C10H10N2OS/c13-10(6-14)12-8-2-1-7-3-4-11-9(7)5-8/h1-5,11,14H,6H2,(H,12,13). The molecule has 2 aromatic rings. The minimum absolute atomic E-state index is 0.0979. The number of aromatic nitrogens is 1. The number of carbonyl (C=O) groups excluding carboxylic acids is 1. The molecule has 0 aliphatic rings. The van der Waals surface area contributed by atoms with E-state index in [-0.39, 0.29) is 11.7 Å². The van der Waals surface area contributed by atoms with Crippen molar-refractivity contribution >= 4 is 35.1 Å². The van der Waals surface area contributed by atoms with Crippen molar-refractivity contribution in [2.24, 2.45) is 0 Å². The van der Waals surface area contributed by atoms with Crippen molar-refractivity contribution in [1.29, 1.82) is 0 Å². The summed E-state index contributed by atoms with van der Waals surface area (Å²) in [6.45, 7) is 0. The molecule has 0 saturated carbocycles. The zero-order valence-electron chi connectivity index (χ0n) is 7.45. The molecule has 1 aromatic carbocycles. The maximum Gasteiger partial charge on any atom is 0.234 e. The molecule has 14 heavy (non-hydrogen) atoms. The number of thiol groups is 1. The van der Waals surface area contributed by atoms with Crippen molar-refractivity contribution in [1.82, 2.24) is 4.98 Å². The molecule has 2 rings (SSSR count). The number of hydrogen-bond donors (Lipinski definition) is 3. The molecule has 1 aromatic heterocycles. The topological polar surface area (TPSA) is 44.9 Å². The normalized spacial score (nSPS) is 10.4. The Bertz CT molecular complexity index is 464. The quantitative estimate of drug-likeness (QED) is 0.647. The summed E-state index contributed by atoms with van der Waals surface area (Å²) in [5.74, 6) is 0.0993. The number of fused-ring (bicyclic) bond motifs is 1. The minimum atomic E-state index is -0.0979. The first-order valence-electron chi connectivity index (χ1n) is 4.27. The van der Waals surface area contributed by atoms with Crippen LogP contribution in [0.3, 0.4) is 0 Å². The Hall–Kier alpha value is -1.42. The first-order chi connectivity index (χ1) is 6.79. The third-order valence-corrected chi connectivity index (χ3v) is 2.27. The summed E-state index contributed by atoms with van der Waals surface area (Å²) >= 11 is 3.89. The van der Waals surface area contributed by atoms with E-state index in [1.165, 1.54) is 0 Å². The molecular formula is C10H10N2OS. The van der Waals surface area contributed by atoms with Gasteiger partial charge in [-0.3, -0.25) is 4.79 Å². The summed E-state index contributed by atoms with van der Waals surface area (Å²) in [6.07, 6.45) is 1.87.